The summed E-state index contributed by atoms with van der Waals surface area (Å²) < 4.78 is 5.63. The molecule has 6 nitrogen and oxygen atoms in total. The van der Waals surface area contributed by atoms with Crippen LogP contribution in [0.25, 0.3) is 0 Å². The fraction of sp³-hybridized carbons (Fsp3) is 0.333. The first-order valence-electron chi connectivity index (χ1n) is 13.7. The van der Waals surface area contributed by atoms with E-state index in [-0.39, 0.29) is 5.78 Å². The van der Waals surface area contributed by atoms with Crippen LogP contribution in [0.3, 0.4) is 0 Å². The van der Waals surface area contributed by atoms with Gasteiger partial charge < -0.3 is 4.74 Å². The highest BCUT2D eigenvalue weighted by Crippen LogP contribution is 2.69. The van der Waals surface area contributed by atoms with Crippen molar-refractivity contribution in [3.63, 3.8) is 0 Å². The van der Waals surface area contributed by atoms with Gasteiger partial charge in [-0.2, -0.15) is 0 Å². The molecular formula is C33H29Cl2NO5. The summed E-state index contributed by atoms with van der Waals surface area (Å²) in [7, 11) is 0. The van der Waals surface area contributed by atoms with E-state index in [2.05, 4.69) is 0 Å². The fourth-order valence-electron chi connectivity index (χ4n) is 6.89. The lowest BCUT2D eigenvalue weighted by molar-refractivity contribution is -0.162. The fourth-order valence-corrected chi connectivity index (χ4v) is 7.99. The molecule has 8 heteroatoms. The highest BCUT2D eigenvalue weighted by Gasteiger charge is 2.74. The Balaban J connectivity index is 1.39. The molecule has 1 saturated heterocycles. The van der Waals surface area contributed by atoms with E-state index >= 15 is 0 Å². The van der Waals surface area contributed by atoms with Crippen molar-refractivity contribution in [3.05, 3.63) is 106 Å². The summed E-state index contributed by atoms with van der Waals surface area (Å²) in [6.45, 7) is 6.85. The van der Waals surface area contributed by atoms with Crippen molar-refractivity contribution in [3.8, 4) is 0 Å². The van der Waals surface area contributed by atoms with Crippen molar-refractivity contribution in [2.24, 2.45) is 17.8 Å². The zero-order valence-corrected chi connectivity index (χ0v) is 24.6. The van der Waals surface area contributed by atoms with Gasteiger partial charge in [-0.15, -0.1) is 23.2 Å². The van der Waals surface area contributed by atoms with E-state index in [1.807, 2.05) is 55.5 Å². The number of imide groups is 1. The van der Waals surface area contributed by atoms with Crippen LogP contribution in [-0.2, 0) is 28.9 Å². The molecule has 0 aromatic heterocycles. The number of halogens is 2. The Labute approximate surface area is 248 Å². The number of esters is 1. The van der Waals surface area contributed by atoms with Gasteiger partial charge in [-0.05, 0) is 42.0 Å². The maximum Gasteiger partial charge on any atom is 0.330 e. The van der Waals surface area contributed by atoms with Crippen LogP contribution < -0.4 is 0 Å². The summed E-state index contributed by atoms with van der Waals surface area (Å²) in [6.07, 6.45) is -1.12. The van der Waals surface area contributed by atoms with Crippen LogP contribution in [0.5, 0.6) is 0 Å². The van der Waals surface area contributed by atoms with Crippen molar-refractivity contribution in [1.82, 2.24) is 4.90 Å². The predicted octanol–water partition coefficient (Wildman–Crippen LogP) is 5.73. The van der Waals surface area contributed by atoms with Gasteiger partial charge >= 0.3 is 5.97 Å². The van der Waals surface area contributed by atoms with E-state index in [1.165, 1.54) is 6.92 Å². The Morgan fingerprint density at radius 2 is 1.17 bits per heavy atom. The average molecular weight is 591 g/mol. The monoisotopic (exact) mass is 589 g/mol. The highest BCUT2D eigenvalue weighted by atomic mass is 35.5. The minimum Gasteiger partial charge on any atom is -0.453 e. The molecule has 3 aliphatic carbocycles. The molecule has 2 bridgehead atoms. The van der Waals surface area contributed by atoms with Crippen LogP contribution in [0.15, 0.2) is 72.8 Å². The van der Waals surface area contributed by atoms with Crippen molar-refractivity contribution in [2.45, 2.75) is 49.6 Å². The van der Waals surface area contributed by atoms with Crippen molar-refractivity contribution in [2.75, 3.05) is 0 Å². The number of rotatable bonds is 6. The lowest BCUT2D eigenvalue weighted by Crippen LogP contribution is -2.57. The lowest BCUT2D eigenvalue weighted by Gasteiger charge is -2.54. The number of ketones is 1. The van der Waals surface area contributed by atoms with E-state index < -0.39 is 57.4 Å². The molecule has 1 aliphatic heterocycles. The molecule has 210 valence electrons. The van der Waals surface area contributed by atoms with Crippen molar-refractivity contribution < 1.29 is 23.9 Å². The number of likely N-dealkylation sites (tertiary alicyclic amines) is 1. The summed E-state index contributed by atoms with van der Waals surface area (Å²) >= 11 is 15.0. The van der Waals surface area contributed by atoms with Gasteiger partial charge in [0.1, 0.15) is 15.8 Å². The normalized spacial score (nSPS) is 27.2. The zero-order chi connectivity index (χ0) is 29.4. The number of benzene rings is 3. The Morgan fingerprint density at radius 3 is 1.56 bits per heavy atom. The minimum atomic E-state index is -1.35. The predicted molar refractivity (Wildman–Crippen MR) is 155 cm³/mol. The number of amides is 2. The molecule has 1 heterocycles. The molecule has 0 radical (unpaired) electrons. The first-order valence-corrected chi connectivity index (χ1v) is 14.5. The number of carbonyl (C=O) groups is 4. The van der Waals surface area contributed by atoms with Gasteiger partial charge in [-0.25, -0.2) is 4.79 Å². The van der Waals surface area contributed by atoms with Crippen LogP contribution in [0, 0.1) is 24.7 Å². The minimum absolute atomic E-state index is 0.378. The van der Waals surface area contributed by atoms with Crippen LogP contribution in [0.1, 0.15) is 58.9 Å². The van der Waals surface area contributed by atoms with Crippen molar-refractivity contribution in [1.29, 1.82) is 0 Å². The van der Waals surface area contributed by atoms with E-state index in [4.69, 9.17) is 27.9 Å². The van der Waals surface area contributed by atoms with Crippen LogP contribution in [-0.4, -0.2) is 40.6 Å². The summed E-state index contributed by atoms with van der Waals surface area (Å²) in [5.41, 5.74) is 4.12. The maximum atomic E-state index is 14.3. The molecule has 0 unspecified atom stereocenters. The van der Waals surface area contributed by atoms with E-state index in [0.29, 0.717) is 27.8 Å². The summed E-state index contributed by atoms with van der Waals surface area (Å²) in [6, 6.07) is 20.4. The molecule has 4 aliphatic rings. The van der Waals surface area contributed by atoms with Gasteiger partial charge in [-0.3, -0.25) is 19.3 Å². The molecule has 3 aromatic rings. The smallest absolute Gasteiger partial charge is 0.330 e. The van der Waals surface area contributed by atoms with Gasteiger partial charge in [0.25, 0.3) is 0 Å². The largest absolute Gasteiger partial charge is 0.453 e. The number of ether oxygens (including phenoxy) is 1. The number of Topliss-reactive ketones (excluding diaryl/α,β-unsaturated/α-hetero) is 1. The van der Waals surface area contributed by atoms with Gasteiger partial charge in [0.15, 0.2) is 6.10 Å². The number of hydrogen-bond donors (Lipinski definition) is 0. The molecule has 3 aromatic carbocycles. The van der Waals surface area contributed by atoms with Crippen LogP contribution in [0.2, 0.25) is 0 Å². The Bertz CT molecular complexity index is 1490. The van der Waals surface area contributed by atoms with Gasteiger partial charge in [0.2, 0.25) is 17.6 Å². The molecule has 1 fully saturated rings. The number of carbonyl (C=O) groups excluding carboxylic acids is 4. The maximum absolute atomic E-state index is 14.3. The van der Waals surface area contributed by atoms with Gasteiger partial charge in [0.05, 0.1) is 11.8 Å². The number of hydrogen-bond acceptors (Lipinski definition) is 5. The molecule has 7 rings (SSSR count). The van der Waals surface area contributed by atoms with E-state index in [9.17, 15) is 19.2 Å². The third-order valence-electron chi connectivity index (χ3n) is 8.77. The summed E-state index contributed by atoms with van der Waals surface area (Å²) in [4.78, 5) is 53.6. The second-order valence-electron chi connectivity index (χ2n) is 11.5. The molecule has 41 heavy (non-hydrogen) atoms. The SMILES string of the molecule is Cc1ccc(C(=O)[C@H](C)OC(=O)[C@H](C(C)C)N2C(=O)[C@@H]3[C@@H](C2=O)C2(Cl)c4ccccc4C3(Cl)c3ccccc32)cc1. The van der Waals surface area contributed by atoms with Gasteiger partial charge in [0, 0.05) is 5.56 Å². The molecule has 0 N–H and O–H groups in total. The first-order chi connectivity index (χ1) is 19.4. The van der Waals surface area contributed by atoms with E-state index in [1.54, 1.807) is 38.1 Å². The highest BCUT2D eigenvalue weighted by molar-refractivity contribution is 6.36. The lowest BCUT2D eigenvalue weighted by atomic mass is 9.54. The summed E-state index contributed by atoms with van der Waals surface area (Å²) in [5, 5.41) is 0. The molecule has 4 atom stereocenters. The number of alkyl halides is 2. The third kappa shape index (κ3) is 3.70. The second-order valence-corrected chi connectivity index (χ2v) is 12.7. The standard InChI is InChI=1S/C33H29Cl2NO5/c1-17(2)27(31(40)41-19(4)28(37)20-15-13-18(3)14-16-20)36-29(38)25-26(30(36)39)33(35)22-10-6-5-9-21(22)32(25,34)23-11-7-8-12-24(23)33/h5-17,19,25-27H,1-4H3/t19-,25-,26-,27-,32?,33?/m0/s1. The Hall–Kier alpha value is -3.48. The molecule has 0 spiro atoms. The molecule has 2 amide bonds. The zero-order valence-electron chi connectivity index (χ0n) is 23.1. The Morgan fingerprint density at radius 1 is 0.756 bits per heavy atom. The van der Waals surface area contributed by atoms with Crippen LogP contribution >= 0.6 is 23.2 Å². The Kier molecular flexibility index (Phi) is 6.44. The summed E-state index contributed by atoms with van der Waals surface area (Å²) in [5.74, 6) is -4.91. The van der Waals surface area contributed by atoms with E-state index in [0.717, 1.165) is 10.5 Å². The second kappa shape index (κ2) is 9.53. The van der Waals surface area contributed by atoms with Crippen LogP contribution in [0.4, 0.5) is 0 Å². The molecule has 0 saturated carbocycles. The third-order valence-corrected chi connectivity index (χ3v) is 10.1. The van der Waals surface area contributed by atoms with Crippen molar-refractivity contribution >= 4 is 46.8 Å². The quantitative estimate of drug-likeness (QED) is 0.159. The number of aryl methyl sites for hydroxylation is 1. The van der Waals surface area contributed by atoms with Gasteiger partial charge in [-0.1, -0.05) is 92.2 Å². The first kappa shape index (κ1) is 27.7. The number of nitrogens with zero attached hydrogens (tertiary/aromatic N) is 1. The molecular weight excluding hydrogens is 561 g/mol. The topological polar surface area (TPSA) is 80.8 Å². The average Bonchev–Trinajstić information content (AvgIpc) is 3.22.